The summed E-state index contributed by atoms with van der Waals surface area (Å²) >= 11 is 0. The second kappa shape index (κ2) is 10.5. The number of amides is 1. The quantitative estimate of drug-likeness (QED) is 0.739. The first-order chi connectivity index (χ1) is 12.6. The molecule has 4 nitrogen and oxygen atoms in total. The van der Waals surface area contributed by atoms with Gasteiger partial charge in [-0.1, -0.05) is 61.2 Å². The van der Waals surface area contributed by atoms with Crippen LogP contribution in [0.3, 0.4) is 0 Å². The molecule has 0 radical (unpaired) electrons. The van der Waals surface area contributed by atoms with Gasteiger partial charge in [-0.2, -0.15) is 0 Å². The molecule has 0 saturated heterocycles. The Balaban J connectivity index is 0.00000261. The number of aryl methyl sites for hydroxylation is 1. The number of anilines is 1. The monoisotopic (exact) mass is 388 g/mol. The van der Waals surface area contributed by atoms with E-state index in [1.54, 1.807) is 0 Å². The number of halogens is 1. The Bertz CT molecular complexity index is 727. The van der Waals surface area contributed by atoms with Gasteiger partial charge >= 0.3 is 0 Å². The van der Waals surface area contributed by atoms with Crippen LogP contribution >= 0.6 is 12.4 Å². The summed E-state index contributed by atoms with van der Waals surface area (Å²) in [6.45, 7) is 2.59. The SMILES string of the molecule is Cc1ccc(C(N)C(=O)Nc2cccc(COC3CCCCC3)c2)cc1.Cl. The van der Waals surface area contributed by atoms with E-state index in [2.05, 4.69) is 5.32 Å². The first-order valence-corrected chi connectivity index (χ1v) is 9.45. The summed E-state index contributed by atoms with van der Waals surface area (Å²) in [5.41, 5.74) is 9.87. The van der Waals surface area contributed by atoms with Crippen LogP contribution in [0.4, 0.5) is 5.69 Å². The number of hydrogen-bond acceptors (Lipinski definition) is 3. The molecule has 2 aromatic rings. The van der Waals surface area contributed by atoms with E-state index >= 15 is 0 Å². The van der Waals surface area contributed by atoms with Gasteiger partial charge in [0, 0.05) is 5.69 Å². The second-order valence-electron chi connectivity index (χ2n) is 7.15. The van der Waals surface area contributed by atoms with Crippen molar-refractivity contribution in [2.24, 2.45) is 5.73 Å². The molecule has 3 rings (SSSR count). The summed E-state index contributed by atoms with van der Waals surface area (Å²) in [5, 5.41) is 2.91. The number of benzene rings is 2. The van der Waals surface area contributed by atoms with Crippen LogP contribution in [0.5, 0.6) is 0 Å². The van der Waals surface area contributed by atoms with Crippen LogP contribution in [0.1, 0.15) is 54.8 Å². The average Bonchev–Trinajstić information content (AvgIpc) is 2.67. The summed E-state index contributed by atoms with van der Waals surface area (Å²) in [6.07, 6.45) is 6.53. The van der Waals surface area contributed by atoms with Gasteiger partial charge in [0.05, 0.1) is 12.7 Å². The molecule has 0 aromatic heterocycles. The number of ether oxygens (including phenoxy) is 1. The third-order valence-electron chi connectivity index (χ3n) is 4.95. The third-order valence-corrected chi connectivity index (χ3v) is 4.95. The minimum absolute atomic E-state index is 0. The van der Waals surface area contributed by atoms with Crippen molar-refractivity contribution >= 4 is 24.0 Å². The summed E-state index contributed by atoms with van der Waals surface area (Å²) in [5.74, 6) is -0.209. The zero-order valence-corrected chi connectivity index (χ0v) is 16.6. The molecular formula is C22H29ClN2O2. The maximum Gasteiger partial charge on any atom is 0.245 e. The molecule has 0 heterocycles. The van der Waals surface area contributed by atoms with E-state index in [0.29, 0.717) is 12.7 Å². The van der Waals surface area contributed by atoms with Crippen LogP contribution in [-0.4, -0.2) is 12.0 Å². The normalized spacial score (nSPS) is 15.6. The van der Waals surface area contributed by atoms with E-state index in [1.807, 2.05) is 55.5 Å². The van der Waals surface area contributed by atoms with Crippen LogP contribution < -0.4 is 11.1 Å². The molecule has 0 spiro atoms. The Labute approximate surface area is 167 Å². The summed E-state index contributed by atoms with van der Waals surface area (Å²) < 4.78 is 6.02. The Kier molecular flexibility index (Phi) is 8.29. The van der Waals surface area contributed by atoms with Gasteiger partial charge in [-0.05, 0) is 43.0 Å². The lowest BCUT2D eigenvalue weighted by atomic mass is 9.98. The lowest BCUT2D eigenvalue weighted by Crippen LogP contribution is -2.27. The smallest absolute Gasteiger partial charge is 0.245 e. The molecule has 5 heteroatoms. The fourth-order valence-electron chi connectivity index (χ4n) is 3.33. The van der Waals surface area contributed by atoms with E-state index in [1.165, 1.54) is 19.3 Å². The van der Waals surface area contributed by atoms with Crippen molar-refractivity contribution in [3.63, 3.8) is 0 Å². The summed E-state index contributed by atoms with van der Waals surface area (Å²) in [6, 6.07) is 14.8. The predicted molar refractivity (Wildman–Crippen MR) is 112 cm³/mol. The molecule has 1 atom stereocenters. The number of nitrogens with two attached hydrogens (primary N) is 1. The van der Waals surface area contributed by atoms with Crippen LogP contribution in [-0.2, 0) is 16.1 Å². The molecular weight excluding hydrogens is 360 g/mol. The minimum atomic E-state index is -0.683. The number of carbonyl (C=O) groups is 1. The van der Waals surface area contributed by atoms with Crippen molar-refractivity contribution in [1.82, 2.24) is 0 Å². The van der Waals surface area contributed by atoms with Gasteiger partial charge in [-0.15, -0.1) is 12.4 Å². The molecule has 3 N–H and O–H groups in total. The molecule has 1 unspecified atom stereocenters. The number of nitrogens with one attached hydrogen (secondary N) is 1. The van der Waals surface area contributed by atoms with E-state index in [9.17, 15) is 4.79 Å². The molecule has 27 heavy (non-hydrogen) atoms. The standard InChI is InChI=1S/C22H28N2O2.ClH/c1-16-10-12-18(13-11-16)21(23)22(25)24-19-7-5-6-17(14-19)15-26-20-8-3-2-4-9-20;/h5-7,10-14,20-21H,2-4,8-9,15,23H2,1H3,(H,24,25);1H. The summed E-state index contributed by atoms with van der Waals surface area (Å²) in [7, 11) is 0. The number of carbonyl (C=O) groups excluding carboxylic acids is 1. The molecule has 2 aromatic carbocycles. The van der Waals surface area contributed by atoms with Gasteiger partial charge in [0.2, 0.25) is 5.91 Å². The third kappa shape index (κ3) is 6.35. The predicted octanol–water partition coefficient (Wildman–Crippen LogP) is 4.90. The number of hydrogen-bond donors (Lipinski definition) is 2. The highest BCUT2D eigenvalue weighted by Crippen LogP contribution is 2.22. The summed E-state index contributed by atoms with van der Waals surface area (Å²) in [4.78, 5) is 12.4. The fourth-order valence-corrected chi connectivity index (χ4v) is 3.33. The maximum atomic E-state index is 12.4. The van der Waals surface area contributed by atoms with Crippen LogP contribution in [0, 0.1) is 6.92 Å². The van der Waals surface area contributed by atoms with Gasteiger partial charge < -0.3 is 15.8 Å². The minimum Gasteiger partial charge on any atom is -0.374 e. The van der Waals surface area contributed by atoms with E-state index < -0.39 is 6.04 Å². The highest BCUT2D eigenvalue weighted by Gasteiger charge is 2.16. The average molecular weight is 389 g/mol. The maximum absolute atomic E-state index is 12.4. The van der Waals surface area contributed by atoms with Crippen molar-refractivity contribution in [3.05, 3.63) is 65.2 Å². The molecule has 0 bridgehead atoms. The van der Waals surface area contributed by atoms with Crippen molar-refractivity contribution in [2.75, 3.05) is 5.32 Å². The van der Waals surface area contributed by atoms with Gasteiger partial charge in [-0.25, -0.2) is 0 Å². The van der Waals surface area contributed by atoms with Crippen LogP contribution in [0.2, 0.25) is 0 Å². The Morgan fingerprint density at radius 3 is 2.56 bits per heavy atom. The van der Waals surface area contributed by atoms with Crippen molar-refractivity contribution in [1.29, 1.82) is 0 Å². The molecule has 1 fully saturated rings. The number of rotatable bonds is 6. The Morgan fingerprint density at radius 2 is 1.85 bits per heavy atom. The van der Waals surface area contributed by atoms with Crippen molar-refractivity contribution in [2.45, 2.75) is 57.8 Å². The molecule has 1 amide bonds. The first-order valence-electron chi connectivity index (χ1n) is 9.45. The van der Waals surface area contributed by atoms with Gasteiger partial charge in [0.25, 0.3) is 0 Å². The van der Waals surface area contributed by atoms with E-state index in [-0.39, 0.29) is 18.3 Å². The molecule has 1 aliphatic carbocycles. The first kappa shape index (κ1) is 21.4. The van der Waals surface area contributed by atoms with Gasteiger partial charge in [0.1, 0.15) is 6.04 Å². The highest BCUT2D eigenvalue weighted by molar-refractivity contribution is 5.95. The zero-order valence-electron chi connectivity index (χ0n) is 15.8. The largest absolute Gasteiger partial charge is 0.374 e. The van der Waals surface area contributed by atoms with Gasteiger partial charge in [-0.3, -0.25) is 4.79 Å². The lowest BCUT2D eigenvalue weighted by molar-refractivity contribution is -0.117. The Hall–Kier alpha value is -1.88. The van der Waals surface area contributed by atoms with Crippen molar-refractivity contribution < 1.29 is 9.53 Å². The Morgan fingerprint density at radius 1 is 1.15 bits per heavy atom. The molecule has 1 saturated carbocycles. The van der Waals surface area contributed by atoms with Gasteiger partial charge in [0.15, 0.2) is 0 Å². The fraction of sp³-hybridized carbons (Fsp3) is 0.409. The van der Waals surface area contributed by atoms with E-state index in [4.69, 9.17) is 10.5 Å². The van der Waals surface area contributed by atoms with E-state index in [0.717, 1.165) is 35.2 Å². The molecule has 146 valence electrons. The molecule has 1 aliphatic rings. The van der Waals surface area contributed by atoms with Crippen LogP contribution in [0.15, 0.2) is 48.5 Å². The topological polar surface area (TPSA) is 64.4 Å². The zero-order chi connectivity index (χ0) is 18.4. The highest BCUT2D eigenvalue weighted by atomic mass is 35.5. The lowest BCUT2D eigenvalue weighted by Gasteiger charge is -2.22. The van der Waals surface area contributed by atoms with Crippen LogP contribution in [0.25, 0.3) is 0 Å². The second-order valence-corrected chi connectivity index (χ2v) is 7.15. The van der Waals surface area contributed by atoms with Crippen molar-refractivity contribution in [3.8, 4) is 0 Å². The molecule has 0 aliphatic heterocycles.